The van der Waals surface area contributed by atoms with Crippen LogP contribution in [0.15, 0.2) is 33.2 Å². The molecular weight excluding hydrogens is 385 g/mol. The van der Waals surface area contributed by atoms with E-state index in [0.29, 0.717) is 5.58 Å². The lowest BCUT2D eigenvalue weighted by atomic mass is 10.1. The molecule has 1 heterocycles. The SMILES string of the molecule is O=C(NC(CO)C(O)c1cc2cc(Br)ccc2o1)C(Cl)Cl. The van der Waals surface area contributed by atoms with E-state index < -0.39 is 29.5 Å². The molecular formula is C13H12BrCl2NO4. The van der Waals surface area contributed by atoms with Gasteiger partial charge in [-0.1, -0.05) is 39.1 Å². The van der Waals surface area contributed by atoms with Crippen molar-refractivity contribution in [1.82, 2.24) is 5.32 Å². The fraction of sp³-hybridized carbons (Fsp3) is 0.308. The van der Waals surface area contributed by atoms with Crippen LogP contribution < -0.4 is 5.32 Å². The number of halogens is 3. The molecule has 3 N–H and O–H groups in total. The smallest absolute Gasteiger partial charge is 0.253 e. The number of hydrogen-bond donors (Lipinski definition) is 3. The number of benzene rings is 1. The van der Waals surface area contributed by atoms with Crippen LogP contribution in [0.3, 0.4) is 0 Å². The van der Waals surface area contributed by atoms with Gasteiger partial charge in [0.25, 0.3) is 5.91 Å². The second kappa shape index (κ2) is 6.98. The number of hydrogen-bond acceptors (Lipinski definition) is 4. The van der Waals surface area contributed by atoms with Crippen molar-refractivity contribution in [3.05, 3.63) is 34.5 Å². The van der Waals surface area contributed by atoms with E-state index in [4.69, 9.17) is 27.6 Å². The fourth-order valence-electron chi connectivity index (χ4n) is 1.85. The van der Waals surface area contributed by atoms with E-state index in [0.717, 1.165) is 9.86 Å². The summed E-state index contributed by atoms with van der Waals surface area (Å²) in [5.41, 5.74) is 0.586. The first-order chi connectivity index (χ1) is 9.92. The number of aliphatic hydroxyl groups excluding tert-OH is 2. The van der Waals surface area contributed by atoms with Crippen molar-refractivity contribution in [3.63, 3.8) is 0 Å². The molecule has 2 aromatic rings. The summed E-state index contributed by atoms with van der Waals surface area (Å²) >= 11 is 14.2. The minimum absolute atomic E-state index is 0.225. The topological polar surface area (TPSA) is 82.7 Å². The number of nitrogens with one attached hydrogen (secondary N) is 1. The van der Waals surface area contributed by atoms with Gasteiger partial charge in [-0.15, -0.1) is 0 Å². The van der Waals surface area contributed by atoms with Gasteiger partial charge in [0.2, 0.25) is 0 Å². The van der Waals surface area contributed by atoms with Gasteiger partial charge in [0.15, 0.2) is 4.84 Å². The minimum atomic E-state index is -1.28. The molecule has 0 saturated heterocycles. The standard InChI is InChI=1S/C13H12BrCl2NO4/c14-7-1-2-9-6(3-7)4-10(21-9)11(19)8(5-18)17-13(20)12(15)16/h1-4,8,11-12,18-19H,5H2,(H,17,20). The quantitative estimate of drug-likeness (QED) is 0.678. The highest BCUT2D eigenvalue weighted by Crippen LogP contribution is 2.28. The van der Waals surface area contributed by atoms with E-state index in [2.05, 4.69) is 21.2 Å². The Hall–Kier alpha value is -0.790. The van der Waals surface area contributed by atoms with Gasteiger partial charge in [-0.25, -0.2) is 0 Å². The molecule has 114 valence electrons. The van der Waals surface area contributed by atoms with Crippen LogP contribution in [0.1, 0.15) is 11.9 Å². The number of carbonyl (C=O) groups is 1. The highest BCUT2D eigenvalue weighted by molar-refractivity contribution is 9.10. The Morgan fingerprint density at radius 1 is 1.38 bits per heavy atom. The van der Waals surface area contributed by atoms with Crippen molar-refractivity contribution in [1.29, 1.82) is 0 Å². The zero-order chi connectivity index (χ0) is 15.6. The van der Waals surface area contributed by atoms with Crippen LogP contribution in [0, 0.1) is 0 Å². The van der Waals surface area contributed by atoms with E-state index in [1.807, 2.05) is 6.07 Å². The van der Waals surface area contributed by atoms with Crippen LogP contribution in [0.2, 0.25) is 0 Å². The molecule has 0 saturated carbocycles. The number of carbonyl (C=O) groups excluding carboxylic acids is 1. The highest BCUT2D eigenvalue weighted by Gasteiger charge is 2.27. The summed E-state index contributed by atoms with van der Waals surface area (Å²) in [7, 11) is 0. The van der Waals surface area contributed by atoms with Crippen molar-refractivity contribution in [2.45, 2.75) is 17.0 Å². The number of rotatable bonds is 5. The average molecular weight is 397 g/mol. The van der Waals surface area contributed by atoms with Gasteiger partial charge in [-0.2, -0.15) is 0 Å². The molecule has 0 spiro atoms. The first-order valence-electron chi connectivity index (χ1n) is 5.99. The molecule has 2 atom stereocenters. The zero-order valence-electron chi connectivity index (χ0n) is 10.6. The van der Waals surface area contributed by atoms with Gasteiger partial charge >= 0.3 is 0 Å². The predicted molar refractivity (Wildman–Crippen MR) is 83.4 cm³/mol. The number of aliphatic hydroxyl groups is 2. The molecule has 0 bridgehead atoms. The maximum absolute atomic E-state index is 11.4. The van der Waals surface area contributed by atoms with Crippen molar-refractivity contribution in [2.75, 3.05) is 6.61 Å². The largest absolute Gasteiger partial charge is 0.458 e. The Labute approximate surface area is 139 Å². The molecule has 0 aliphatic heterocycles. The fourth-order valence-corrected chi connectivity index (χ4v) is 2.35. The highest BCUT2D eigenvalue weighted by atomic mass is 79.9. The molecule has 0 aliphatic carbocycles. The molecule has 1 aromatic carbocycles. The molecule has 8 heteroatoms. The van der Waals surface area contributed by atoms with E-state index in [1.54, 1.807) is 18.2 Å². The lowest BCUT2D eigenvalue weighted by Crippen LogP contribution is -2.44. The summed E-state index contributed by atoms with van der Waals surface area (Å²) in [4.78, 5) is 10.2. The normalized spacial score (nSPS) is 14.4. The molecule has 0 radical (unpaired) electrons. The monoisotopic (exact) mass is 395 g/mol. The molecule has 1 amide bonds. The van der Waals surface area contributed by atoms with Crippen molar-refractivity contribution in [2.24, 2.45) is 0 Å². The average Bonchev–Trinajstić information content (AvgIpc) is 2.86. The summed E-state index contributed by atoms with van der Waals surface area (Å²) in [6.45, 7) is -0.492. The first-order valence-corrected chi connectivity index (χ1v) is 7.65. The number of fused-ring (bicyclic) bond motifs is 1. The Kier molecular flexibility index (Phi) is 5.51. The molecule has 0 fully saturated rings. The summed E-state index contributed by atoms with van der Waals surface area (Å²) in [5.74, 6) is -0.474. The molecule has 1 aromatic heterocycles. The third kappa shape index (κ3) is 3.90. The molecule has 0 aliphatic rings. The number of alkyl halides is 2. The number of furan rings is 1. The molecule has 21 heavy (non-hydrogen) atoms. The third-order valence-corrected chi connectivity index (χ3v) is 3.78. The van der Waals surface area contributed by atoms with Gasteiger partial charge < -0.3 is 19.9 Å². The second-order valence-corrected chi connectivity index (χ2v) is 6.39. The summed E-state index contributed by atoms with van der Waals surface area (Å²) in [6, 6.07) is 6.05. The van der Waals surface area contributed by atoms with Gasteiger partial charge in [-0.3, -0.25) is 4.79 Å². The summed E-state index contributed by atoms with van der Waals surface area (Å²) in [6.07, 6.45) is -1.22. The van der Waals surface area contributed by atoms with Gasteiger partial charge in [-0.05, 0) is 24.3 Å². The van der Waals surface area contributed by atoms with Crippen LogP contribution in [0.25, 0.3) is 11.0 Å². The lowest BCUT2D eigenvalue weighted by Gasteiger charge is -2.20. The summed E-state index contributed by atoms with van der Waals surface area (Å²) < 4.78 is 6.38. The molecule has 2 unspecified atom stereocenters. The van der Waals surface area contributed by atoms with Crippen LogP contribution in [-0.2, 0) is 4.79 Å². The Morgan fingerprint density at radius 2 is 2.10 bits per heavy atom. The van der Waals surface area contributed by atoms with Crippen LogP contribution in [0.5, 0.6) is 0 Å². The molecule has 5 nitrogen and oxygen atoms in total. The third-order valence-electron chi connectivity index (χ3n) is 2.89. The van der Waals surface area contributed by atoms with Crippen LogP contribution >= 0.6 is 39.1 Å². The maximum atomic E-state index is 11.4. The van der Waals surface area contributed by atoms with Gasteiger partial charge in [0.1, 0.15) is 17.4 Å². The maximum Gasteiger partial charge on any atom is 0.253 e. The summed E-state index contributed by atoms with van der Waals surface area (Å²) in [5, 5.41) is 22.6. The van der Waals surface area contributed by atoms with E-state index in [1.165, 1.54) is 0 Å². The van der Waals surface area contributed by atoms with E-state index in [9.17, 15) is 15.0 Å². The Balaban J connectivity index is 2.22. The van der Waals surface area contributed by atoms with E-state index in [-0.39, 0.29) is 5.76 Å². The van der Waals surface area contributed by atoms with Crippen molar-refractivity contribution in [3.8, 4) is 0 Å². The van der Waals surface area contributed by atoms with Crippen LogP contribution in [0.4, 0.5) is 0 Å². The van der Waals surface area contributed by atoms with Crippen molar-refractivity contribution >= 4 is 56.0 Å². The van der Waals surface area contributed by atoms with Gasteiger partial charge in [0, 0.05) is 9.86 Å². The predicted octanol–water partition coefficient (Wildman–Crippen LogP) is 2.51. The van der Waals surface area contributed by atoms with Crippen LogP contribution in [-0.4, -0.2) is 33.6 Å². The lowest BCUT2D eigenvalue weighted by molar-refractivity contribution is -0.121. The number of amides is 1. The van der Waals surface area contributed by atoms with Crippen molar-refractivity contribution < 1.29 is 19.4 Å². The zero-order valence-corrected chi connectivity index (χ0v) is 13.7. The Bertz CT molecular complexity index is 646. The van der Waals surface area contributed by atoms with E-state index >= 15 is 0 Å². The Morgan fingerprint density at radius 3 is 2.71 bits per heavy atom. The van der Waals surface area contributed by atoms with Gasteiger partial charge in [0.05, 0.1) is 12.6 Å². The minimum Gasteiger partial charge on any atom is -0.458 e. The first kappa shape index (κ1) is 16.6. The second-order valence-electron chi connectivity index (χ2n) is 4.37. The molecule has 2 rings (SSSR count).